The van der Waals surface area contributed by atoms with Crippen LogP contribution in [0.15, 0.2) is 134 Å². The lowest BCUT2D eigenvalue weighted by Crippen LogP contribution is -2.30. The van der Waals surface area contributed by atoms with Gasteiger partial charge in [0.2, 0.25) is 0 Å². The Morgan fingerprint density at radius 2 is 0.506 bits per heavy atom. The molecule has 0 aromatic heterocycles. The molecule has 0 aromatic carbocycles. The van der Waals surface area contributed by atoms with Gasteiger partial charge in [-0.1, -0.05) is 257 Å². The molecule has 6 nitrogen and oxygen atoms in total. The molecule has 0 aliphatic rings. The van der Waals surface area contributed by atoms with Crippen LogP contribution in [-0.4, -0.2) is 37.2 Å². The van der Waals surface area contributed by atoms with Gasteiger partial charge in [0.05, 0.1) is 0 Å². The first kappa shape index (κ1) is 72.5. The highest BCUT2D eigenvalue weighted by Gasteiger charge is 2.19. The molecule has 0 aromatic rings. The molecule has 0 saturated heterocycles. The van der Waals surface area contributed by atoms with E-state index in [2.05, 4.69) is 154 Å². The molecule has 0 heterocycles. The maximum Gasteiger partial charge on any atom is 0.306 e. The molecule has 6 heteroatoms. The summed E-state index contributed by atoms with van der Waals surface area (Å²) >= 11 is 0. The molecule has 1 atom stereocenters. The number of rotatable bonds is 56. The Bertz CT molecular complexity index is 1650. The predicted octanol–water partition coefficient (Wildman–Crippen LogP) is 21.8. The van der Waals surface area contributed by atoms with Crippen LogP contribution in [0.4, 0.5) is 0 Å². The molecule has 0 bridgehead atoms. The summed E-state index contributed by atoms with van der Waals surface area (Å²) in [6.07, 6.45) is 90.3. The number of hydrogen-bond donors (Lipinski definition) is 0. The summed E-state index contributed by atoms with van der Waals surface area (Å²) in [6.45, 7) is 6.37. The number of allylic oxidation sites excluding steroid dienone is 22. The Kier molecular flexibility index (Phi) is 60.4. The molecule has 77 heavy (non-hydrogen) atoms. The van der Waals surface area contributed by atoms with Crippen molar-refractivity contribution in [3.05, 3.63) is 134 Å². The van der Waals surface area contributed by atoms with E-state index in [1.54, 1.807) is 0 Å². The summed E-state index contributed by atoms with van der Waals surface area (Å²) in [5.74, 6) is -0.950. The lowest BCUT2D eigenvalue weighted by Gasteiger charge is -2.18. The van der Waals surface area contributed by atoms with Crippen LogP contribution in [0, 0.1) is 0 Å². The van der Waals surface area contributed by atoms with E-state index in [-0.39, 0.29) is 31.1 Å². The van der Waals surface area contributed by atoms with E-state index >= 15 is 0 Å². The van der Waals surface area contributed by atoms with Crippen molar-refractivity contribution in [2.24, 2.45) is 0 Å². The maximum atomic E-state index is 12.9. The summed E-state index contributed by atoms with van der Waals surface area (Å²) < 4.78 is 16.9. The van der Waals surface area contributed by atoms with Crippen molar-refractivity contribution in [2.75, 3.05) is 13.2 Å². The Labute approximate surface area is 475 Å². The predicted molar refractivity (Wildman–Crippen MR) is 334 cm³/mol. The van der Waals surface area contributed by atoms with Crippen molar-refractivity contribution >= 4 is 17.9 Å². The van der Waals surface area contributed by atoms with Gasteiger partial charge in [0.1, 0.15) is 13.2 Å². The number of carbonyl (C=O) groups excluding carboxylic acids is 3. The molecule has 0 fully saturated rings. The van der Waals surface area contributed by atoms with Crippen LogP contribution in [0.1, 0.15) is 278 Å². The first-order valence-electron chi connectivity index (χ1n) is 31.7. The van der Waals surface area contributed by atoms with E-state index in [1.807, 2.05) is 0 Å². The number of ether oxygens (including phenoxy) is 3. The standard InChI is InChI=1S/C71H116O6/c1-4-7-10-13-16-19-22-25-27-29-31-32-33-34-35-36-37-38-40-41-43-46-49-52-55-58-61-64-70(73)76-67-68(66-75-69(72)63-60-57-54-51-48-45-24-21-18-15-12-9-6-3)77-71(74)65-62-59-56-53-50-47-44-42-39-30-28-26-23-20-17-14-11-8-5-2/h7,9-10,12,16,18-19,21,25-28,31-32,34-35,37-38,41,43,45,48,68H,4-6,8,11,13-15,17,20,22-24,29-30,33,36,39-40,42,44,46-47,49-67H2,1-3H3/b10-7-,12-9-,19-16-,21-18-,27-25-,28-26-,32-31-,35-34-,38-37-,43-41-,48-45-. The lowest BCUT2D eigenvalue weighted by atomic mass is 10.1. The Balaban J connectivity index is 4.41. The minimum atomic E-state index is -0.805. The van der Waals surface area contributed by atoms with Crippen molar-refractivity contribution in [3.8, 4) is 0 Å². The summed E-state index contributed by atoms with van der Waals surface area (Å²) in [5.41, 5.74) is 0. The van der Waals surface area contributed by atoms with Crippen LogP contribution >= 0.6 is 0 Å². The van der Waals surface area contributed by atoms with Crippen LogP contribution in [0.25, 0.3) is 0 Å². The van der Waals surface area contributed by atoms with Crippen molar-refractivity contribution in [1.29, 1.82) is 0 Å². The fourth-order valence-electron chi connectivity index (χ4n) is 8.43. The Morgan fingerprint density at radius 3 is 0.818 bits per heavy atom. The molecule has 0 radical (unpaired) electrons. The van der Waals surface area contributed by atoms with Gasteiger partial charge in [-0.05, 0) is 135 Å². The van der Waals surface area contributed by atoms with Crippen molar-refractivity contribution in [3.63, 3.8) is 0 Å². The number of hydrogen-bond acceptors (Lipinski definition) is 6. The highest BCUT2D eigenvalue weighted by Crippen LogP contribution is 2.15. The van der Waals surface area contributed by atoms with Gasteiger partial charge < -0.3 is 14.2 Å². The maximum absolute atomic E-state index is 12.9. The number of carbonyl (C=O) groups is 3. The van der Waals surface area contributed by atoms with Crippen LogP contribution < -0.4 is 0 Å². The second-order valence-electron chi connectivity index (χ2n) is 20.5. The van der Waals surface area contributed by atoms with Gasteiger partial charge in [-0.3, -0.25) is 14.4 Å². The molecule has 0 aliphatic heterocycles. The molecule has 0 spiro atoms. The zero-order valence-corrected chi connectivity index (χ0v) is 49.9. The number of unbranched alkanes of at least 4 members (excludes halogenated alkanes) is 23. The van der Waals surface area contributed by atoms with E-state index < -0.39 is 6.10 Å². The zero-order valence-electron chi connectivity index (χ0n) is 49.9. The monoisotopic (exact) mass is 1060 g/mol. The Hall–Kier alpha value is -4.45. The van der Waals surface area contributed by atoms with E-state index in [0.29, 0.717) is 19.3 Å². The van der Waals surface area contributed by atoms with E-state index in [9.17, 15) is 14.4 Å². The third-order valence-corrected chi connectivity index (χ3v) is 13.1. The zero-order chi connectivity index (χ0) is 55.7. The largest absolute Gasteiger partial charge is 0.462 e. The van der Waals surface area contributed by atoms with Crippen LogP contribution in [0.5, 0.6) is 0 Å². The van der Waals surface area contributed by atoms with Crippen molar-refractivity contribution in [2.45, 2.75) is 284 Å². The molecule has 0 aliphatic carbocycles. The van der Waals surface area contributed by atoms with Gasteiger partial charge in [-0.15, -0.1) is 0 Å². The minimum absolute atomic E-state index is 0.102. The molecule has 436 valence electrons. The number of esters is 3. The third-order valence-electron chi connectivity index (χ3n) is 13.1. The van der Waals surface area contributed by atoms with Crippen molar-refractivity contribution in [1.82, 2.24) is 0 Å². The van der Waals surface area contributed by atoms with Gasteiger partial charge >= 0.3 is 17.9 Å². The average Bonchev–Trinajstić information content (AvgIpc) is 3.43. The summed E-state index contributed by atoms with van der Waals surface area (Å²) in [7, 11) is 0. The van der Waals surface area contributed by atoms with Gasteiger partial charge in [-0.2, -0.15) is 0 Å². The SMILES string of the molecule is CC/C=C\C/C=C\C/C=C\C/C=C\C/C=C\C/C=C\C/C=C\CCCCCCCC(=O)OCC(COC(=O)CCCCC/C=C\C/C=C\C/C=C\CC)OC(=O)CCCCCCCCCCC/C=C\CCCCCCCC. The summed E-state index contributed by atoms with van der Waals surface area (Å²) in [6, 6.07) is 0. The summed E-state index contributed by atoms with van der Waals surface area (Å²) in [5, 5.41) is 0. The van der Waals surface area contributed by atoms with Gasteiger partial charge in [0, 0.05) is 19.3 Å². The first-order chi connectivity index (χ1) is 38.0. The fraction of sp³-hybridized carbons (Fsp3) is 0.648. The van der Waals surface area contributed by atoms with E-state index in [1.165, 1.54) is 89.9 Å². The van der Waals surface area contributed by atoms with E-state index in [0.717, 1.165) is 148 Å². The Morgan fingerprint density at radius 1 is 0.273 bits per heavy atom. The second-order valence-corrected chi connectivity index (χ2v) is 20.5. The van der Waals surface area contributed by atoms with Gasteiger partial charge in [0.15, 0.2) is 6.10 Å². The molecule has 0 saturated carbocycles. The minimum Gasteiger partial charge on any atom is -0.462 e. The molecule has 0 N–H and O–H groups in total. The van der Waals surface area contributed by atoms with Crippen LogP contribution in [0.2, 0.25) is 0 Å². The molecule has 1 unspecified atom stereocenters. The molecule has 0 amide bonds. The normalized spacial score (nSPS) is 13.0. The summed E-state index contributed by atoms with van der Waals surface area (Å²) in [4.78, 5) is 38.3. The van der Waals surface area contributed by atoms with Crippen LogP contribution in [0.3, 0.4) is 0 Å². The smallest absolute Gasteiger partial charge is 0.306 e. The fourth-order valence-corrected chi connectivity index (χ4v) is 8.43. The average molecular weight is 1070 g/mol. The van der Waals surface area contributed by atoms with E-state index in [4.69, 9.17) is 14.2 Å². The molecule has 0 rings (SSSR count). The molecular weight excluding hydrogens is 949 g/mol. The molecular formula is C71H116O6. The van der Waals surface area contributed by atoms with Gasteiger partial charge in [-0.25, -0.2) is 0 Å². The lowest BCUT2D eigenvalue weighted by molar-refractivity contribution is -0.167. The first-order valence-corrected chi connectivity index (χ1v) is 31.7. The third kappa shape index (κ3) is 62.3. The topological polar surface area (TPSA) is 78.9 Å². The quantitative estimate of drug-likeness (QED) is 0.0261. The highest BCUT2D eigenvalue weighted by molar-refractivity contribution is 5.71. The second kappa shape index (κ2) is 64.1. The highest BCUT2D eigenvalue weighted by atomic mass is 16.6. The van der Waals surface area contributed by atoms with Crippen LogP contribution in [-0.2, 0) is 28.6 Å². The van der Waals surface area contributed by atoms with Crippen molar-refractivity contribution < 1.29 is 28.6 Å². The van der Waals surface area contributed by atoms with Gasteiger partial charge in [0.25, 0.3) is 0 Å².